The van der Waals surface area contributed by atoms with Crippen molar-refractivity contribution in [2.24, 2.45) is 0 Å². The predicted molar refractivity (Wildman–Crippen MR) is 76.2 cm³/mol. The van der Waals surface area contributed by atoms with Crippen molar-refractivity contribution in [3.63, 3.8) is 0 Å². The summed E-state index contributed by atoms with van der Waals surface area (Å²) in [5.74, 6) is -1.07. The molecule has 1 aromatic carbocycles. The lowest BCUT2D eigenvalue weighted by atomic mass is 10.1. The molecule has 0 aliphatic carbocycles. The van der Waals surface area contributed by atoms with Crippen molar-refractivity contribution in [1.82, 2.24) is 9.88 Å². The van der Waals surface area contributed by atoms with E-state index in [1.807, 2.05) is 18.2 Å². The van der Waals surface area contributed by atoms with E-state index in [-0.39, 0.29) is 18.9 Å². The number of fused-ring (bicyclic) bond motifs is 1. The molecule has 1 aromatic heterocycles. The highest BCUT2D eigenvalue weighted by Gasteiger charge is 2.30. The van der Waals surface area contributed by atoms with E-state index in [0.29, 0.717) is 18.7 Å². The number of carbonyl (C=O) groups excluding carboxylic acids is 1. The number of carboxylic acids is 1. The Morgan fingerprint density at radius 3 is 3.05 bits per heavy atom. The fourth-order valence-corrected chi connectivity index (χ4v) is 2.72. The SMILES string of the molecule is O=C(O)C[C@H]1COCCN1C(=O)c1cccc2[nH]ccc12. The third-order valence-electron chi connectivity index (χ3n) is 3.72. The number of carbonyl (C=O) groups is 2. The lowest BCUT2D eigenvalue weighted by molar-refractivity contribution is -0.139. The number of morpholine rings is 1. The highest BCUT2D eigenvalue weighted by molar-refractivity contribution is 6.06. The van der Waals surface area contributed by atoms with Gasteiger partial charge in [0, 0.05) is 29.2 Å². The number of nitrogens with one attached hydrogen (secondary N) is 1. The van der Waals surface area contributed by atoms with Gasteiger partial charge in [0.15, 0.2) is 0 Å². The number of H-pyrrole nitrogens is 1. The second-order valence-electron chi connectivity index (χ2n) is 5.07. The molecule has 1 aliphatic rings. The second-order valence-corrected chi connectivity index (χ2v) is 5.07. The number of ether oxygens (including phenoxy) is 1. The van der Waals surface area contributed by atoms with E-state index in [1.54, 1.807) is 17.2 Å². The summed E-state index contributed by atoms with van der Waals surface area (Å²) >= 11 is 0. The molecule has 2 aromatic rings. The molecule has 110 valence electrons. The molecule has 6 nitrogen and oxygen atoms in total. The Labute approximate surface area is 121 Å². The Hall–Kier alpha value is -2.34. The summed E-state index contributed by atoms with van der Waals surface area (Å²) in [5.41, 5.74) is 1.48. The average Bonchev–Trinajstić information content (AvgIpc) is 2.95. The molecule has 0 radical (unpaired) electrons. The lowest BCUT2D eigenvalue weighted by Gasteiger charge is -2.35. The first kappa shape index (κ1) is 13.6. The van der Waals surface area contributed by atoms with Gasteiger partial charge in [0.05, 0.1) is 25.7 Å². The smallest absolute Gasteiger partial charge is 0.305 e. The summed E-state index contributed by atoms with van der Waals surface area (Å²) in [5, 5.41) is 9.83. The minimum absolute atomic E-state index is 0.102. The molecule has 0 spiro atoms. The molecule has 1 aliphatic heterocycles. The molecular weight excluding hydrogens is 272 g/mol. The Balaban J connectivity index is 1.92. The molecule has 2 heterocycles. The number of aromatic amines is 1. The molecule has 1 amide bonds. The Morgan fingerprint density at radius 1 is 1.38 bits per heavy atom. The molecular formula is C15H16N2O4. The van der Waals surface area contributed by atoms with Crippen LogP contribution in [0.4, 0.5) is 0 Å². The van der Waals surface area contributed by atoms with Crippen LogP contribution in [-0.4, -0.2) is 52.7 Å². The molecule has 2 N–H and O–H groups in total. The number of rotatable bonds is 3. The van der Waals surface area contributed by atoms with Gasteiger partial charge in [-0.3, -0.25) is 9.59 Å². The van der Waals surface area contributed by atoms with Crippen LogP contribution in [0.3, 0.4) is 0 Å². The highest BCUT2D eigenvalue weighted by atomic mass is 16.5. The third kappa shape index (κ3) is 2.62. The van der Waals surface area contributed by atoms with Gasteiger partial charge in [0.2, 0.25) is 0 Å². The lowest BCUT2D eigenvalue weighted by Crippen LogP contribution is -2.49. The predicted octanol–water partition coefficient (Wildman–Crippen LogP) is 1.48. The number of aliphatic carboxylic acids is 1. The molecule has 0 unspecified atom stereocenters. The summed E-state index contributed by atoms with van der Waals surface area (Å²) in [7, 11) is 0. The number of amides is 1. The van der Waals surface area contributed by atoms with Crippen molar-refractivity contribution in [2.75, 3.05) is 19.8 Å². The normalized spacial score (nSPS) is 18.9. The summed E-state index contributed by atoms with van der Waals surface area (Å²) in [6.45, 7) is 1.11. The number of hydrogen-bond acceptors (Lipinski definition) is 3. The monoisotopic (exact) mass is 288 g/mol. The number of benzene rings is 1. The van der Waals surface area contributed by atoms with Crippen molar-refractivity contribution >= 4 is 22.8 Å². The highest BCUT2D eigenvalue weighted by Crippen LogP contribution is 2.22. The maximum atomic E-state index is 12.8. The van der Waals surface area contributed by atoms with Crippen LogP contribution in [0.2, 0.25) is 0 Å². The van der Waals surface area contributed by atoms with Crippen LogP contribution in [0.15, 0.2) is 30.5 Å². The van der Waals surface area contributed by atoms with Crippen LogP contribution in [0.5, 0.6) is 0 Å². The van der Waals surface area contributed by atoms with Crippen molar-refractivity contribution in [1.29, 1.82) is 0 Å². The van der Waals surface area contributed by atoms with Gasteiger partial charge in [-0.2, -0.15) is 0 Å². The minimum atomic E-state index is -0.928. The standard InChI is InChI=1S/C15H16N2O4/c18-14(19)8-10-9-21-7-6-17(10)15(20)12-2-1-3-13-11(12)4-5-16-13/h1-5,10,16H,6-9H2,(H,18,19)/t10-/m0/s1. The zero-order valence-electron chi connectivity index (χ0n) is 11.4. The Bertz CT molecular complexity index is 679. The number of aromatic nitrogens is 1. The van der Waals surface area contributed by atoms with Crippen LogP contribution < -0.4 is 0 Å². The van der Waals surface area contributed by atoms with Gasteiger partial charge in [-0.05, 0) is 18.2 Å². The van der Waals surface area contributed by atoms with Crippen molar-refractivity contribution in [2.45, 2.75) is 12.5 Å². The van der Waals surface area contributed by atoms with Gasteiger partial charge in [-0.1, -0.05) is 6.07 Å². The van der Waals surface area contributed by atoms with Crippen LogP contribution >= 0.6 is 0 Å². The van der Waals surface area contributed by atoms with Crippen LogP contribution in [-0.2, 0) is 9.53 Å². The first-order valence-electron chi connectivity index (χ1n) is 6.83. The third-order valence-corrected chi connectivity index (χ3v) is 3.72. The van der Waals surface area contributed by atoms with E-state index < -0.39 is 12.0 Å². The van der Waals surface area contributed by atoms with E-state index in [1.165, 1.54) is 0 Å². The summed E-state index contributed by atoms with van der Waals surface area (Å²) in [6.07, 6.45) is 1.68. The van der Waals surface area contributed by atoms with Gasteiger partial charge in [0.1, 0.15) is 0 Å². The molecule has 3 rings (SSSR count). The summed E-state index contributed by atoms with van der Waals surface area (Å²) in [6, 6.07) is 6.93. The molecule has 0 saturated carbocycles. The van der Waals surface area contributed by atoms with Crippen LogP contribution in [0.25, 0.3) is 10.9 Å². The summed E-state index contributed by atoms with van der Waals surface area (Å²) in [4.78, 5) is 28.4. The first-order chi connectivity index (χ1) is 10.2. The topological polar surface area (TPSA) is 82.6 Å². The van der Waals surface area contributed by atoms with Gasteiger partial charge in [0.25, 0.3) is 5.91 Å². The van der Waals surface area contributed by atoms with Gasteiger partial charge in [-0.25, -0.2) is 0 Å². The molecule has 21 heavy (non-hydrogen) atoms. The number of hydrogen-bond donors (Lipinski definition) is 2. The van der Waals surface area contributed by atoms with Crippen molar-refractivity contribution in [3.05, 3.63) is 36.0 Å². The fourth-order valence-electron chi connectivity index (χ4n) is 2.72. The molecule has 1 saturated heterocycles. The summed E-state index contributed by atoms with van der Waals surface area (Å²) < 4.78 is 5.31. The van der Waals surface area contributed by atoms with E-state index in [0.717, 1.165) is 10.9 Å². The van der Waals surface area contributed by atoms with Crippen molar-refractivity contribution < 1.29 is 19.4 Å². The van der Waals surface area contributed by atoms with Crippen molar-refractivity contribution in [3.8, 4) is 0 Å². The van der Waals surface area contributed by atoms with Crippen LogP contribution in [0, 0.1) is 0 Å². The van der Waals surface area contributed by atoms with E-state index in [9.17, 15) is 9.59 Å². The quantitative estimate of drug-likeness (QED) is 0.896. The molecule has 1 atom stereocenters. The fraction of sp³-hybridized carbons (Fsp3) is 0.333. The largest absolute Gasteiger partial charge is 0.481 e. The zero-order valence-corrected chi connectivity index (χ0v) is 11.4. The van der Waals surface area contributed by atoms with Gasteiger partial charge < -0.3 is 19.7 Å². The molecule has 6 heteroatoms. The zero-order chi connectivity index (χ0) is 14.8. The van der Waals surface area contributed by atoms with E-state index in [4.69, 9.17) is 9.84 Å². The molecule has 0 bridgehead atoms. The Kier molecular flexibility index (Phi) is 3.62. The van der Waals surface area contributed by atoms with E-state index >= 15 is 0 Å². The van der Waals surface area contributed by atoms with Gasteiger partial charge in [-0.15, -0.1) is 0 Å². The molecule has 1 fully saturated rings. The Morgan fingerprint density at radius 2 is 2.24 bits per heavy atom. The number of nitrogens with zero attached hydrogens (tertiary/aromatic N) is 1. The van der Waals surface area contributed by atoms with Gasteiger partial charge >= 0.3 is 5.97 Å². The van der Waals surface area contributed by atoms with E-state index in [2.05, 4.69) is 4.98 Å². The first-order valence-corrected chi connectivity index (χ1v) is 6.83. The number of carboxylic acid groups (broad SMARTS) is 1. The minimum Gasteiger partial charge on any atom is -0.481 e. The maximum absolute atomic E-state index is 12.8. The maximum Gasteiger partial charge on any atom is 0.305 e. The van der Waals surface area contributed by atoms with Crippen LogP contribution in [0.1, 0.15) is 16.8 Å². The average molecular weight is 288 g/mol. The second kappa shape index (κ2) is 5.57.